The third-order valence-electron chi connectivity index (χ3n) is 3.64. The van der Waals surface area contributed by atoms with Gasteiger partial charge in [0.15, 0.2) is 5.16 Å². The Bertz CT molecular complexity index is 1100. The van der Waals surface area contributed by atoms with Crippen molar-refractivity contribution in [1.82, 2.24) is 14.5 Å². The Morgan fingerprint density at radius 3 is 2.76 bits per heavy atom. The molecule has 1 aromatic carbocycles. The van der Waals surface area contributed by atoms with E-state index in [9.17, 15) is 9.18 Å². The molecule has 0 N–H and O–H groups in total. The van der Waals surface area contributed by atoms with Crippen molar-refractivity contribution in [3.05, 3.63) is 63.0 Å². The Labute approximate surface area is 155 Å². The molecule has 25 heavy (non-hydrogen) atoms. The minimum Gasteiger partial charge on any atom is -0.290 e. The zero-order chi connectivity index (χ0) is 17.4. The van der Waals surface area contributed by atoms with E-state index in [1.165, 1.54) is 46.6 Å². The highest BCUT2D eigenvalue weighted by Crippen LogP contribution is 2.28. The summed E-state index contributed by atoms with van der Waals surface area (Å²) in [5.41, 5.74) is 2.52. The molecule has 4 aromatic rings. The summed E-state index contributed by atoms with van der Waals surface area (Å²) in [5.74, 6) is 0.361. The number of thiophene rings is 1. The largest absolute Gasteiger partial charge is 0.290 e. The first-order chi connectivity index (χ1) is 12.1. The summed E-state index contributed by atoms with van der Waals surface area (Å²) in [4.78, 5) is 21.5. The van der Waals surface area contributed by atoms with Crippen LogP contribution in [0.2, 0.25) is 0 Å². The molecule has 0 saturated carbocycles. The Morgan fingerprint density at radius 2 is 1.96 bits per heavy atom. The molecule has 0 spiro atoms. The molecule has 0 radical (unpaired) electrons. The van der Waals surface area contributed by atoms with E-state index in [-0.39, 0.29) is 11.4 Å². The molecule has 126 valence electrons. The Balaban J connectivity index is 1.55. The van der Waals surface area contributed by atoms with Crippen molar-refractivity contribution in [3.8, 4) is 10.6 Å². The van der Waals surface area contributed by atoms with Crippen molar-refractivity contribution in [2.24, 2.45) is 7.05 Å². The van der Waals surface area contributed by atoms with Crippen LogP contribution in [0.3, 0.4) is 0 Å². The molecule has 0 saturated heterocycles. The third-order valence-corrected chi connectivity index (χ3v) is 6.53. The molecule has 0 atom stereocenters. The number of hydrogen-bond acceptors (Lipinski definition) is 6. The van der Waals surface area contributed by atoms with Crippen molar-refractivity contribution < 1.29 is 4.39 Å². The maximum absolute atomic E-state index is 13.0. The van der Waals surface area contributed by atoms with Crippen LogP contribution < -0.4 is 5.56 Å². The van der Waals surface area contributed by atoms with Crippen LogP contribution in [0.15, 0.2) is 51.0 Å². The number of thiazole rings is 1. The molecule has 0 unspecified atom stereocenters. The fourth-order valence-corrected chi connectivity index (χ4v) is 4.93. The monoisotopic (exact) mass is 389 g/mol. The van der Waals surface area contributed by atoms with Crippen LogP contribution >= 0.6 is 34.4 Å². The van der Waals surface area contributed by atoms with Gasteiger partial charge in [-0.2, -0.15) is 0 Å². The van der Waals surface area contributed by atoms with Gasteiger partial charge in [0.25, 0.3) is 5.56 Å². The second-order valence-corrected chi connectivity index (χ2v) is 8.05. The molecule has 0 amide bonds. The van der Waals surface area contributed by atoms with Crippen LogP contribution in [0.4, 0.5) is 4.39 Å². The predicted octanol–water partition coefficient (Wildman–Crippen LogP) is 4.55. The standard InChI is InChI=1S/C17H12FN3OS3/c1-21-16(22)14-13(6-7-23-14)20-17(21)25-9-12-8-24-15(19-12)10-2-4-11(18)5-3-10/h2-8H,9H2,1H3. The Kier molecular flexibility index (Phi) is 4.41. The maximum Gasteiger partial charge on any atom is 0.271 e. The van der Waals surface area contributed by atoms with Crippen molar-refractivity contribution in [1.29, 1.82) is 0 Å². The van der Waals surface area contributed by atoms with Gasteiger partial charge in [-0.15, -0.1) is 22.7 Å². The van der Waals surface area contributed by atoms with Crippen LogP contribution in [0.1, 0.15) is 5.69 Å². The van der Waals surface area contributed by atoms with Gasteiger partial charge in [0.2, 0.25) is 0 Å². The van der Waals surface area contributed by atoms with Gasteiger partial charge in [-0.1, -0.05) is 11.8 Å². The van der Waals surface area contributed by atoms with E-state index < -0.39 is 0 Å². The van der Waals surface area contributed by atoms with Crippen molar-refractivity contribution in [3.63, 3.8) is 0 Å². The normalized spacial score (nSPS) is 11.3. The number of rotatable bonds is 4. The zero-order valence-corrected chi connectivity index (χ0v) is 15.6. The highest BCUT2D eigenvalue weighted by molar-refractivity contribution is 7.98. The summed E-state index contributed by atoms with van der Waals surface area (Å²) in [7, 11) is 1.74. The summed E-state index contributed by atoms with van der Waals surface area (Å²) in [5, 5.41) is 5.38. The second kappa shape index (κ2) is 6.70. The molecular formula is C17H12FN3OS3. The molecular weight excluding hydrogens is 377 g/mol. The first kappa shape index (κ1) is 16.4. The first-order valence-electron chi connectivity index (χ1n) is 7.39. The highest BCUT2D eigenvalue weighted by Gasteiger charge is 2.11. The summed E-state index contributed by atoms with van der Waals surface area (Å²) in [6.07, 6.45) is 0. The molecule has 4 nitrogen and oxygen atoms in total. The average molecular weight is 390 g/mol. The third kappa shape index (κ3) is 3.24. The average Bonchev–Trinajstić information content (AvgIpc) is 3.27. The fraction of sp³-hybridized carbons (Fsp3) is 0.118. The van der Waals surface area contributed by atoms with Crippen LogP contribution in [0, 0.1) is 5.82 Å². The Hall–Kier alpha value is -2.03. The van der Waals surface area contributed by atoms with Crippen LogP contribution in [-0.4, -0.2) is 14.5 Å². The minimum absolute atomic E-state index is 0.0206. The summed E-state index contributed by atoms with van der Waals surface area (Å²) in [6.45, 7) is 0. The SMILES string of the molecule is Cn1c(SCc2csc(-c3ccc(F)cc3)n2)nc2ccsc2c1=O. The lowest BCUT2D eigenvalue weighted by Gasteiger charge is -2.05. The molecule has 4 rings (SSSR count). The number of fused-ring (bicyclic) bond motifs is 1. The number of aromatic nitrogens is 3. The smallest absolute Gasteiger partial charge is 0.271 e. The van der Waals surface area contributed by atoms with Gasteiger partial charge in [-0.25, -0.2) is 14.4 Å². The molecule has 0 aliphatic heterocycles. The number of halogens is 1. The van der Waals surface area contributed by atoms with Crippen molar-refractivity contribution in [2.45, 2.75) is 10.9 Å². The molecule has 8 heteroatoms. The van der Waals surface area contributed by atoms with Crippen LogP contribution in [0.25, 0.3) is 20.8 Å². The lowest BCUT2D eigenvalue weighted by atomic mass is 10.2. The van der Waals surface area contributed by atoms with E-state index in [0.29, 0.717) is 15.6 Å². The summed E-state index contributed by atoms with van der Waals surface area (Å²) >= 11 is 4.42. The second-order valence-electron chi connectivity index (χ2n) is 5.33. The molecule has 3 aromatic heterocycles. The van der Waals surface area contributed by atoms with Crippen LogP contribution in [-0.2, 0) is 12.8 Å². The van der Waals surface area contributed by atoms with Gasteiger partial charge in [-0.3, -0.25) is 9.36 Å². The lowest BCUT2D eigenvalue weighted by Crippen LogP contribution is -2.18. The Morgan fingerprint density at radius 1 is 1.16 bits per heavy atom. The van der Waals surface area contributed by atoms with Gasteiger partial charge in [0.05, 0.1) is 11.2 Å². The quantitative estimate of drug-likeness (QED) is 0.379. The molecule has 0 aliphatic rings. The van der Waals surface area contributed by atoms with E-state index in [0.717, 1.165) is 21.8 Å². The van der Waals surface area contributed by atoms with Crippen molar-refractivity contribution >= 4 is 44.7 Å². The van der Waals surface area contributed by atoms with E-state index >= 15 is 0 Å². The van der Waals surface area contributed by atoms with E-state index in [2.05, 4.69) is 9.97 Å². The summed E-state index contributed by atoms with van der Waals surface area (Å²) in [6, 6.07) is 8.17. The number of nitrogens with zero attached hydrogens (tertiary/aromatic N) is 3. The lowest BCUT2D eigenvalue weighted by molar-refractivity contribution is 0.628. The van der Waals surface area contributed by atoms with Gasteiger partial charge < -0.3 is 0 Å². The molecule has 0 fully saturated rings. The van der Waals surface area contributed by atoms with E-state index in [1.807, 2.05) is 16.8 Å². The van der Waals surface area contributed by atoms with Gasteiger partial charge in [0.1, 0.15) is 15.5 Å². The number of hydrogen-bond donors (Lipinski definition) is 0. The van der Waals surface area contributed by atoms with Gasteiger partial charge in [-0.05, 0) is 35.7 Å². The van der Waals surface area contributed by atoms with E-state index in [4.69, 9.17) is 0 Å². The number of benzene rings is 1. The summed E-state index contributed by atoms with van der Waals surface area (Å²) < 4.78 is 15.3. The highest BCUT2D eigenvalue weighted by atomic mass is 32.2. The first-order valence-corrected chi connectivity index (χ1v) is 10.1. The minimum atomic E-state index is -0.258. The molecule has 3 heterocycles. The molecule has 0 bridgehead atoms. The molecule has 0 aliphatic carbocycles. The van der Waals surface area contributed by atoms with E-state index in [1.54, 1.807) is 23.7 Å². The van der Waals surface area contributed by atoms with Gasteiger partial charge in [0, 0.05) is 23.7 Å². The maximum atomic E-state index is 13.0. The van der Waals surface area contributed by atoms with Gasteiger partial charge >= 0.3 is 0 Å². The van der Waals surface area contributed by atoms with Crippen molar-refractivity contribution in [2.75, 3.05) is 0 Å². The topological polar surface area (TPSA) is 47.8 Å². The zero-order valence-electron chi connectivity index (χ0n) is 13.1. The fourth-order valence-electron chi connectivity index (χ4n) is 2.33. The predicted molar refractivity (Wildman–Crippen MR) is 102 cm³/mol. The number of thioether (sulfide) groups is 1. The van der Waals surface area contributed by atoms with Crippen LogP contribution in [0.5, 0.6) is 0 Å².